The summed E-state index contributed by atoms with van der Waals surface area (Å²) in [6.07, 6.45) is 0.0730. The number of nitrogens with one attached hydrogen (secondary N) is 1. The van der Waals surface area contributed by atoms with Gasteiger partial charge in [-0.25, -0.2) is 0 Å². The molecule has 0 saturated carbocycles. The Balaban J connectivity index is 1.69. The van der Waals surface area contributed by atoms with E-state index in [1.54, 1.807) is 0 Å². The molecule has 3 aromatic carbocycles. The number of amides is 1. The van der Waals surface area contributed by atoms with E-state index in [9.17, 15) is 4.79 Å². The van der Waals surface area contributed by atoms with Gasteiger partial charge in [0, 0.05) is 5.69 Å². The largest absolute Gasteiger partial charge is 0.481 e. The molecule has 0 aliphatic rings. The van der Waals surface area contributed by atoms with Crippen molar-refractivity contribution in [1.29, 1.82) is 0 Å². The molecule has 0 saturated heterocycles. The molecule has 3 aromatic rings. The molecule has 0 aromatic heterocycles. The van der Waals surface area contributed by atoms with Crippen LogP contribution in [0.15, 0.2) is 66.7 Å². The third-order valence-electron chi connectivity index (χ3n) is 4.51. The molecule has 0 aliphatic carbocycles. The number of anilines is 1. The zero-order chi connectivity index (χ0) is 18.5. The maximum Gasteiger partial charge on any atom is 0.265 e. The van der Waals surface area contributed by atoms with Gasteiger partial charge in [-0.2, -0.15) is 0 Å². The van der Waals surface area contributed by atoms with Crippen LogP contribution in [0.4, 0.5) is 5.69 Å². The summed E-state index contributed by atoms with van der Waals surface area (Å²) >= 11 is 0. The lowest BCUT2D eigenvalue weighted by Gasteiger charge is -2.18. The summed E-state index contributed by atoms with van der Waals surface area (Å²) in [6.45, 7) is 6.25. The lowest BCUT2D eigenvalue weighted by molar-refractivity contribution is -0.122. The van der Waals surface area contributed by atoms with Crippen LogP contribution in [0.2, 0.25) is 0 Å². The van der Waals surface area contributed by atoms with E-state index in [1.165, 1.54) is 5.56 Å². The first-order valence-electron chi connectivity index (χ1n) is 9.13. The van der Waals surface area contributed by atoms with Crippen LogP contribution in [0.3, 0.4) is 0 Å². The Bertz CT molecular complexity index is 884. The van der Waals surface area contributed by atoms with E-state index in [-0.39, 0.29) is 5.91 Å². The number of carbonyl (C=O) groups is 1. The van der Waals surface area contributed by atoms with Gasteiger partial charge in [-0.15, -0.1) is 0 Å². The van der Waals surface area contributed by atoms with Gasteiger partial charge in [0.05, 0.1) is 0 Å². The molecule has 0 bridgehead atoms. The minimum absolute atomic E-state index is 0.127. The SMILES string of the molecule is CC[C@H](Oc1ccc2ccccc2c1)C(=O)Nc1ccc(C(C)C)cc1. The fourth-order valence-corrected chi connectivity index (χ4v) is 2.90. The number of hydrogen-bond donors (Lipinski definition) is 1. The summed E-state index contributed by atoms with van der Waals surface area (Å²) in [5, 5.41) is 5.21. The molecule has 1 amide bonds. The van der Waals surface area contributed by atoms with Crippen LogP contribution in [0.25, 0.3) is 10.8 Å². The summed E-state index contributed by atoms with van der Waals surface area (Å²) in [7, 11) is 0. The van der Waals surface area contributed by atoms with Gasteiger partial charge in [0.25, 0.3) is 5.91 Å². The maximum atomic E-state index is 12.6. The predicted octanol–water partition coefficient (Wildman–Crippen LogP) is 5.76. The fourth-order valence-electron chi connectivity index (χ4n) is 2.90. The van der Waals surface area contributed by atoms with E-state index >= 15 is 0 Å². The van der Waals surface area contributed by atoms with Crippen molar-refractivity contribution >= 4 is 22.4 Å². The molecular weight excluding hydrogens is 322 g/mol. The van der Waals surface area contributed by atoms with E-state index in [0.717, 1.165) is 16.5 Å². The number of carbonyl (C=O) groups excluding carboxylic acids is 1. The fraction of sp³-hybridized carbons (Fsp3) is 0.261. The molecule has 3 nitrogen and oxygen atoms in total. The number of rotatable bonds is 6. The monoisotopic (exact) mass is 347 g/mol. The number of fused-ring (bicyclic) bond motifs is 1. The second-order valence-electron chi connectivity index (χ2n) is 6.79. The Kier molecular flexibility index (Phi) is 5.57. The van der Waals surface area contributed by atoms with E-state index in [2.05, 4.69) is 25.2 Å². The zero-order valence-electron chi connectivity index (χ0n) is 15.5. The lowest BCUT2D eigenvalue weighted by Crippen LogP contribution is -2.32. The normalized spacial score (nSPS) is 12.2. The smallest absolute Gasteiger partial charge is 0.265 e. The van der Waals surface area contributed by atoms with Crippen molar-refractivity contribution in [3.63, 3.8) is 0 Å². The highest BCUT2D eigenvalue weighted by Crippen LogP contribution is 2.23. The Morgan fingerprint density at radius 3 is 2.31 bits per heavy atom. The maximum absolute atomic E-state index is 12.6. The van der Waals surface area contributed by atoms with E-state index in [0.29, 0.717) is 18.1 Å². The number of hydrogen-bond acceptors (Lipinski definition) is 2. The van der Waals surface area contributed by atoms with Gasteiger partial charge in [0.15, 0.2) is 6.10 Å². The highest BCUT2D eigenvalue weighted by molar-refractivity contribution is 5.94. The Morgan fingerprint density at radius 2 is 1.65 bits per heavy atom. The molecule has 0 fully saturated rings. The molecule has 134 valence electrons. The highest BCUT2D eigenvalue weighted by Gasteiger charge is 2.18. The average Bonchev–Trinajstić information content (AvgIpc) is 2.66. The molecule has 1 atom stereocenters. The summed E-state index contributed by atoms with van der Waals surface area (Å²) in [6, 6.07) is 22.0. The van der Waals surface area contributed by atoms with Gasteiger partial charge in [-0.3, -0.25) is 4.79 Å². The van der Waals surface area contributed by atoms with Crippen molar-refractivity contribution in [2.45, 2.75) is 39.2 Å². The first kappa shape index (κ1) is 18.0. The van der Waals surface area contributed by atoms with Crippen molar-refractivity contribution in [2.24, 2.45) is 0 Å². The van der Waals surface area contributed by atoms with Crippen LogP contribution in [0.5, 0.6) is 5.75 Å². The van der Waals surface area contributed by atoms with Gasteiger partial charge < -0.3 is 10.1 Å². The molecular formula is C23H25NO2. The molecule has 0 heterocycles. The number of benzene rings is 3. The van der Waals surface area contributed by atoms with Crippen LogP contribution >= 0.6 is 0 Å². The molecule has 0 unspecified atom stereocenters. The summed E-state index contributed by atoms with van der Waals surface area (Å²) in [4.78, 5) is 12.6. The molecule has 1 N–H and O–H groups in total. The first-order chi connectivity index (χ1) is 12.6. The third kappa shape index (κ3) is 4.23. The molecule has 0 aliphatic heterocycles. The van der Waals surface area contributed by atoms with Crippen LogP contribution in [0, 0.1) is 0 Å². The molecule has 26 heavy (non-hydrogen) atoms. The lowest BCUT2D eigenvalue weighted by atomic mass is 10.0. The molecule has 3 heteroatoms. The molecule has 3 rings (SSSR count). The predicted molar refractivity (Wildman–Crippen MR) is 108 cm³/mol. The summed E-state index contributed by atoms with van der Waals surface area (Å²) in [5.74, 6) is 1.05. The van der Waals surface area contributed by atoms with Crippen molar-refractivity contribution < 1.29 is 9.53 Å². The summed E-state index contributed by atoms with van der Waals surface area (Å²) in [5.41, 5.74) is 2.04. The minimum Gasteiger partial charge on any atom is -0.481 e. The van der Waals surface area contributed by atoms with E-state index in [4.69, 9.17) is 4.74 Å². The zero-order valence-corrected chi connectivity index (χ0v) is 15.5. The van der Waals surface area contributed by atoms with Gasteiger partial charge in [0.2, 0.25) is 0 Å². The van der Waals surface area contributed by atoms with Crippen LogP contribution < -0.4 is 10.1 Å². The quantitative estimate of drug-likeness (QED) is 0.616. The van der Waals surface area contributed by atoms with Crippen molar-refractivity contribution in [2.75, 3.05) is 5.32 Å². The van der Waals surface area contributed by atoms with Crippen molar-refractivity contribution in [1.82, 2.24) is 0 Å². The van der Waals surface area contributed by atoms with E-state index in [1.807, 2.05) is 67.6 Å². The van der Waals surface area contributed by atoms with Gasteiger partial charge in [-0.1, -0.05) is 63.2 Å². The minimum atomic E-state index is -0.527. The van der Waals surface area contributed by atoms with E-state index < -0.39 is 6.10 Å². The van der Waals surface area contributed by atoms with Crippen LogP contribution in [-0.2, 0) is 4.79 Å². The Hall–Kier alpha value is -2.81. The Labute approximate surface area is 155 Å². The van der Waals surface area contributed by atoms with Crippen LogP contribution in [0.1, 0.15) is 38.7 Å². The van der Waals surface area contributed by atoms with Gasteiger partial charge in [0.1, 0.15) is 5.75 Å². The summed E-state index contributed by atoms with van der Waals surface area (Å²) < 4.78 is 5.96. The van der Waals surface area contributed by atoms with Gasteiger partial charge >= 0.3 is 0 Å². The first-order valence-corrected chi connectivity index (χ1v) is 9.13. The van der Waals surface area contributed by atoms with Crippen LogP contribution in [-0.4, -0.2) is 12.0 Å². The van der Waals surface area contributed by atoms with Crippen molar-refractivity contribution in [3.05, 3.63) is 72.3 Å². The topological polar surface area (TPSA) is 38.3 Å². The number of ether oxygens (including phenoxy) is 1. The average molecular weight is 347 g/mol. The second kappa shape index (κ2) is 8.05. The molecule has 0 radical (unpaired) electrons. The van der Waals surface area contributed by atoms with Crippen molar-refractivity contribution in [3.8, 4) is 5.75 Å². The Morgan fingerprint density at radius 1 is 0.962 bits per heavy atom. The second-order valence-corrected chi connectivity index (χ2v) is 6.79. The van der Waals surface area contributed by atoms with Gasteiger partial charge in [-0.05, 0) is 52.9 Å². The highest BCUT2D eigenvalue weighted by atomic mass is 16.5. The molecule has 0 spiro atoms. The third-order valence-corrected chi connectivity index (χ3v) is 4.51. The standard InChI is InChI=1S/C23H25NO2/c1-4-22(23(25)24-20-12-9-17(10-13-20)16(2)3)26-21-14-11-18-7-5-6-8-19(18)15-21/h5-16,22H,4H2,1-3H3,(H,24,25)/t22-/m0/s1.